The van der Waals surface area contributed by atoms with Crippen LogP contribution in [-0.2, 0) is 65.4 Å². The van der Waals surface area contributed by atoms with E-state index in [1.54, 1.807) is 0 Å². The van der Waals surface area contributed by atoms with Gasteiger partial charge in [0.15, 0.2) is 12.2 Å². The van der Waals surface area contributed by atoms with Gasteiger partial charge in [-0.25, -0.2) is 9.13 Å². The predicted octanol–water partition coefficient (Wildman–Crippen LogP) is 24.7. The minimum absolute atomic E-state index is 0.105. The maximum Gasteiger partial charge on any atom is 0.472 e. The van der Waals surface area contributed by atoms with E-state index in [4.69, 9.17) is 37.0 Å². The van der Waals surface area contributed by atoms with E-state index in [0.29, 0.717) is 25.7 Å². The Morgan fingerprint density at radius 3 is 0.673 bits per heavy atom. The summed E-state index contributed by atoms with van der Waals surface area (Å²) in [5.41, 5.74) is 0. The molecule has 0 saturated carbocycles. The number of aliphatic hydroxyl groups excluding tert-OH is 1. The molecule has 19 heteroatoms. The first-order valence-corrected chi connectivity index (χ1v) is 45.5. The number of esters is 4. The number of hydrogen-bond donors (Lipinski definition) is 3. The molecule has 17 nitrogen and oxygen atoms in total. The van der Waals surface area contributed by atoms with Crippen molar-refractivity contribution < 1.29 is 80.2 Å². The summed E-state index contributed by atoms with van der Waals surface area (Å²) in [6.07, 6.45) is 64.0. The fourth-order valence-electron chi connectivity index (χ4n) is 12.7. The molecule has 0 saturated heterocycles. The molecule has 0 radical (unpaired) electrons. The van der Waals surface area contributed by atoms with Gasteiger partial charge in [-0.1, -0.05) is 382 Å². The molecule has 600 valence electrons. The van der Waals surface area contributed by atoms with E-state index in [1.807, 2.05) is 0 Å². The highest BCUT2D eigenvalue weighted by molar-refractivity contribution is 7.47. The largest absolute Gasteiger partial charge is 0.472 e. The van der Waals surface area contributed by atoms with E-state index in [0.717, 1.165) is 102 Å². The quantitative estimate of drug-likeness (QED) is 0.0222. The van der Waals surface area contributed by atoms with Crippen LogP contribution in [0.25, 0.3) is 0 Å². The lowest BCUT2D eigenvalue weighted by Gasteiger charge is -2.21. The summed E-state index contributed by atoms with van der Waals surface area (Å²) in [5, 5.41) is 10.6. The average molecular weight is 1480 g/mol. The summed E-state index contributed by atoms with van der Waals surface area (Å²) >= 11 is 0. The Morgan fingerprint density at radius 1 is 0.267 bits per heavy atom. The van der Waals surface area contributed by atoms with Crippen molar-refractivity contribution in [2.75, 3.05) is 39.6 Å². The fraction of sp³-hybridized carbons (Fsp3) is 0.951. The second kappa shape index (κ2) is 73.6. The standard InChI is InChI=1S/C82H160O17P2/c1-7-9-11-13-15-17-19-21-23-25-26-27-28-29-30-32-34-36-40-48-54-60-66-81(86)98-77(70-92-79(84)64-58-52-46-39-35-33-31-24-22-20-18-16-14-12-10-8-2)72-96-100(88,89)94-68-76(83)69-95-101(90,91)97-73-78(71-93-80(85)65-59-53-47-43-42-45-51-57-63-75(5)6)99-82(87)67-61-55-49-41-37-38-44-50-56-62-74(3)4/h74-78,83H,7-73H2,1-6H3,(H,88,89)(H,90,91)/t76-,77-,78-/m1/s1. The van der Waals surface area contributed by atoms with Crippen LogP contribution in [0, 0.1) is 11.8 Å². The van der Waals surface area contributed by atoms with Crippen LogP contribution in [0.5, 0.6) is 0 Å². The minimum Gasteiger partial charge on any atom is -0.462 e. The normalized spacial score (nSPS) is 13.9. The van der Waals surface area contributed by atoms with Crippen molar-refractivity contribution in [3.05, 3.63) is 0 Å². The lowest BCUT2D eigenvalue weighted by Crippen LogP contribution is -2.30. The van der Waals surface area contributed by atoms with Gasteiger partial charge in [0.25, 0.3) is 0 Å². The summed E-state index contributed by atoms with van der Waals surface area (Å²) in [4.78, 5) is 73.0. The molecule has 0 aromatic heterocycles. The Hall–Kier alpha value is -1.94. The fourth-order valence-corrected chi connectivity index (χ4v) is 14.3. The lowest BCUT2D eigenvalue weighted by molar-refractivity contribution is -0.161. The Morgan fingerprint density at radius 2 is 0.455 bits per heavy atom. The number of unbranched alkanes of at least 4 members (excludes halogenated alkanes) is 51. The predicted molar refractivity (Wildman–Crippen MR) is 414 cm³/mol. The van der Waals surface area contributed by atoms with E-state index in [2.05, 4.69) is 41.5 Å². The Kier molecular flexibility index (Phi) is 72.2. The van der Waals surface area contributed by atoms with Crippen molar-refractivity contribution in [2.24, 2.45) is 11.8 Å². The van der Waals surface area contributed by atoms with Crippen LogP contribution in [0.2, 0.25) is 0 Å². The van der Waals surface area contributed by atoms with Gasteiger partial charge >= 0.3 is 39.5 Å². The van der Waals surface area contributed by atoms with Gasteiger partial charge in [-0.2, -0.15) is 0 Å². The van der Waals surface area contributed by atoms with Gasteiger partial charge in [0.05, 0.1) is 26.4 Å². The third-order valence-corrected chi connectivity index (χ3v) is 21.1. The van der Waals surface area contributed by atoms with E-state index in [9.17, 15) is 43.2 Å². The molecule has 2 unspecified atom stereocenters. The summed E-state index contributed by atoms with van der Waals surface area (Å²) in [6.45, 7) is 9.58. The molecular weight excluding hydrogens is 1320 g/mol. The summed E-state index contributed by atoms with van der Waals surface area (Å²) in [5.74, 6) is -0.647. The molecule has 0 aliphatic heterocycles. The van der Waals surface area contributed by atoms with E-state index in [-0.39, 0.29) is 25.7 Å². The number of aliphatic hydroxyl groups is 1. The molecule has 3 N–H and O–H groups in total. The SMILES string of the molecule is CCCCCCCCCCCCCCCCCCCCCCCCC(=O)O[C@H](COC(=O)CCCCCCCCCCCCCCCCCC)COP(=O)(O)OC[C@@H](O)COP(=O)(O)OC[C@@H](COC(=O)CCCCCCCCCCC(C)C)OC(=O)CCCCCCCCCCCC(C)C. The van der Waals surface area contributed by atoms with Gasteiger partial charge in [-0.15, -0.1) is 0 Å². The number of phosphoric acid groups is 2. The Bertz CT molecular complexity index is 1940. The number of hydrogen-bond acceptors (Lipinski definition) is 15. The zero-order chi connectivity index (χ0) is 74.2. The first-order chi connectivity index (χ1) is 48.9. The smallest absolute Gasteiger partial charge is 0.462 e. The summed E-state index contributed by atoms with van der Waals surface area (Å²) < 4.78 is 68.7. The number of phosphoric ester groups is 2. The van der Waals surface area contributed by atoms with Crippen LogP contribution in [0.4, 0.5) is 0 Å². The van der Waals surface area contributed by atoms with E-state index >= 15 is 0 Å². The molecule has 0 bridgehead atoms. The van der Waals surface area contributed by atoms with Crippen LogP contribution in [-0.4, -0.2) is 96.7 Å². The zero-order valence-corrected chi connectivity index (χ0v) is 68.0. The first kappa shape index (κ1) is 99.1. The van der Waals surface area contributed by atoms with Gasteiger partial charge in [-0.05, 0) is 37.5 Å². The van der Waals surface area contributed by atoms with Crippen molar-refractivity contribution in [1.82, 2.24) is 0 Å². The van der Waals surface area contributed by atoms with Crippen LogP contribution in [0.3, 0.4) is 0 Å². The monoisotopic (exact) mass is 1480 g/mol. The molecule has 0 aromatic carbocycles. The second-order valence-corrected chi connectivity index (χ2v) is 33.4. The van der Waals surface area contributed by atoms with Gasteiger partial charge < -0.3 is 33.8 Å². The van der Waals surface area contributed by atoms with Crippen molar-refractivity contribution in [3.8, 4) is 0 Å². The zero-order valence-electron chi connectivity index (χ0n) is 66.2. The second-order valence-electron chi connectivity index (χ2n) is 30.5. The molecule has 0 spiro atoms. The molecular formula is C82H160O17P2. The highest BCUT2D eigenvalue weighted by atomic mass is 31.2. The summed E-state index contributed by atoms with van der Waals surface area (Å²) in [6, 6.07) is 0. The molecule has 101 heavy (non-hydrogen) atoms. The van der Waals surface area contributed by atoms with Crippen LogP contribution in [0.1, 0.15) is 433 Å². The topological polar surface area (TPSA) is 237 Å². The average Bonchev–Trinajstić information content (AvgIpc) is 0.922. The number of ether oxygens (including phenoxy) is 4. The molecule has 5 atom stereocenters. The van der Waals surface area contributed by atoms with Crippen LogP contribution < -0.4 is 0 Å². The number of carbonyl (C=O) groups is 4. The number of carbonyl (C=O) groups excluding carboxylic acids is 4. The molecule has 0 aliphatic carbocycles. The van der Waals surface area contributed by atoms with Crippen molar-refractivity contribution in [2.45, 2.75) is 452 Å². The first-order valence-electron chi connectivity index (χ1n) is 42.5. The highest BCUT2D eigenvalue weighted by Gasteiger charge is 2.30. The number of rotatable bonds is 81. The summed E-state index contributed by atoms with van der Waals surface area (Å²) in [7, 11) is -9.92. The van der Waals surface area contributed by atoms with Crippen molar-refractivity contribution in [1.29, 1.82) is 0 Å². The Labute approximate surface area is 619 Å². The van der Waals surface area contributed by atoms with Gasteiger partial charge in [-0.3, -0.25) is 37.3 Å². The van der Waals surface area contributed by atoms with Crippen LogP contribution in [0.15, 0.2) is 0 Å². The van der Waals surface area contributed by atoms with Gasteiger partial charge in [0, 0.05) is 25.7 Å². The van der Waals surface area contributed by atoms with Crippen LogP contribution >= 0.6 is 15.6 Å². The molecule has 0 fully saturated rings. The van der Waals surface area contributed by atoms with Gasteiger partial charge in [0.1, 0.15) is 19.3 Å². The maximum atomic E-state index is 13.1. The third-order valence-electron chi connectivity index (χ3n) is 19.2. The Balaban J connectivity index is 5.21. The highest BCUT2D eigenvalue weighted by Crippen LogP contribution is 2.45. The third kappa shape index (κ3) is 76.1. The molecule has 0 aromatic rings. The van der Waals surface area contributed by atoms with Crippen molar-refractivity contribution >= 4 is 39.5 Å². The molecule has 0 heterocycles. The van der Waals surface area contributed by atoms with E-state index in [1.165, 1.54) is 250 Å². The molecule has 0 rings (SSSR count). The van der Waals surface area contributed by atoms with Crippen molar-refractivity contribution in [3.63, 3.8) is 0 Å². The maximum absolute atomic E-state index is 13.1. The molecule has 0 aliphatic rings. The van der Waals surface area contributed by atoms with E-state index < -0.39 is 97.5 Å². The molecule has 0 amide bonds. The minimum atomic E-state index is -4.96. The lowest BCUT2D eigenvalue weighted by atomic mass is 10.0. The van der Waals surface area contributed by atoms with Gasteiger partial charge in [0.2, 0.25) is 0 Å².